The SMILES string of the molecule is CC1(C)C2=C(C=CCC2)c2ccc(-n3c4ccccc4c4cc(-c5ccc6c(-c7ccccc7)c7cc(-c8ccc9c(c8)C8C=CC=CC8N9c8ccc9c(c8)C(C)(C)c8ccccc8-9)ccc7c(-c7ccccc7)c6c5)ccc43)cc21. The first-order valence-corrected chi connectivity index (χ1v) is 29.5. The van der Waals surface area contributed by atoms with Gasteiger partial charge in [0.2, 0.25) is 0 Å². The lowest BCUT2D eigenvalue weighted by Crippen LogP contribution is -2.28. The van der Waals surface area contributed by atoms with Crippen LogP contribution in [0.1, 0.15) is 74.3 Å². The molecule has 2 heteroatoms. The van der Waals surface area contributed by atoms with Crippen molar-refractivity contribution in [2.45, 2.75) is 63.3 Å². The zero-order valence-corrected chi connectivity index (χ0v) is 46.7. The Balaban J connectivity index is 0.805. The molecule has 0 bridgehead atoms. The van der Waals surface area contributed by atoms with Crippen molar-refractivity contribution in [3.05, 3.63) is 288 Å². The van der Waals surface area contributed by atoms with Crippen molar-refractivity contribution < 1.29 is 0 Å². The lowest BCUT2D eigenvalue weighted by atomic mass is 9.78. The molecule has 390 valence electrons. The molecule has 1 aromatic heterocycles. The molecule has 0 saturated heterocycles. The first-order chi connectivity index (χ1) is 40.2. The fourth-order valence-corrected chi connectivity index (χ4v) is 15.7. The van der Waals surface area contributed by atoms with E-state index in [1.165, 1.54) is 149 Å². The molecule has 11 aromatic carbocycles. The van der Waals surface area contributed by atoms with Crippen molar-refractivity contribution in [2.75, 3.05) is 4.90 Å². The zero-order chi connectivity index (χ0) is 54.6. The Kier molecular flexibility index (Phi) is 10.1. The molecular formula is C80H60N2. The van der Waals surface area contributed by atoms with Crippen molar-refractivity contribution in [3.63, 3.8) is 0 Å². The van der Waals surface area contributed by atoms with Gasteiger partial charge in [0.25, 0.3) is 0 Å². The standard InChI is InChI=1S/C80H60N2/c1-79(2)69-27-15-11-23-57(69)59-39-35-55(47-71(59)79)81-73-29-17-13-25-61(73)65-43-53(33-41-75(65)81)51-31-37-63-67(45-51)77(49-19-7-5-8-20-49)64-38-32-52(46-68(64)78(63)50-21-9-6-10-22-50)54-34-42-76-66(44-54)62-26-14-18-30-74(62)82(76)56-36-40-60-58-24-12-16-28-70(58)80(3,4)72(60)48-56/h5-15,17-27,29-48,61,73H,16,28H2,1-4H3. The predicted molar refractivity (Wildman–Crippen MR) is 347 cm³/mol. The number of para-hydroxylation sites is 1. The summed E-state index contributed by atoms with van der Waals surface area (Å²) in [6, 6.07) is 83.5. The van der Waals surface area contributed by atoms with Crippen LogP contribution in [0.25, 0.3) is 110 Å². The number of fused-ring (bicyclic) bond motifs is 13. The van der Waals surface area contributed by atoms with E-state index < -0.39 is 0 Å². The third-order valence-electron chi connectivity index (χ3n) is 19.6. The van der Waals surface area contributed by atoms with Crippen LogP contribution in [0.5, 0.6) is 0 Å². The van der Waals surface area contributed by atoms with Gasteiger partial charge >= 0.3 is 0 Å². The first kappa shape index (κ1) is 47.3. The molecular weight excluding hydrogens is 989 g/mol. The maximum atomic E-state index is 2.59. The summed E-state index contributed by atoms with van der Waals surface area (Å²) in [5, 5.41) is 7.52. The number of anilines is 2. The maximum absolute atomic E-state index is 2.59. The van der Waals surface area contributed by atoms with E-state index >= 15 is 0 Å². The van der Waals surface area contributed by atoms with Gasteiger partial charge in [0, 0.05) is 44.6 Å². The summed E-state index contributed by atoms with van der Waals surface area (Å²) in [5.74, 6) is 0.235. The summed E-state index contributed by atoms with van der Waals surface area (Å²) in [6.45, 7) is 9.60. The molecule has 0 radical (unpaired) electrons. The van der Waals surface area contributed by atoms with E-state index in [4.69, 9.17) is 0 Å². The summed E-state index contributed by atoms with van der Waals surface area (Å²) in [7, 11) is 0. The summed E-state index contributed by atoms with van der Waals surface area (Å²) in [5.41, 5.74) is 28.6. The summed E-state index contributed by atoms with van der Waals surface area (Å²) in [4.78, 5) is 2.59. The second-order valence-corrected chi connectivity index (χ2v) is 24.6. The molecule has 0 N–H and O–H groups in total. The molecule has 5 aliphatic rings. The average Bonchev–Trinajstić information content (AvgIpc) is 4.20. The van der Waals surface area contributed by atoms with Gasteiger partial charge in [-0.05, 0) is 190 Å². The Morgan fingerprint density at radius 1 is 0.402 bits per heavy atom. The second kappa shape index (κ2) is 17.5. The van der Waals surface area contributed by atoms with Gasteiger partial charge in [-0.2, -0.15) is 0 Å². The Morgan fingerprint density at radius 3 is 1.73 bits per heavy atom. The minimum absolute atomic E-state index is 0.00297. The summed E-state index contributed by atoms with van der Waals surface area (Å²) in [6.07, 6.45) is 16.2. The number of rotatable bonds is 6. The molecule has 2 heterocycles. The zero-order valence-electron chi connectivity index (χ0n) is 46.7. The average molecular weight is 1050 g/mol. The molecule has 1 aliphatic heterocycles. The highest BCUT2D eigenvalue weighted by Crippen LogP contribution is 2.55. The Bertz CT molecular complexity index is 4860. The Hall–Kier alpha value is -9.50. The third kappa shape index (κ3) is 6.76. The largest absolute Gasteiger partial charge is 0.333 e. The quantitative estimate of drug-likeness (QED) is 0.151. The second-order valence-electron chi connectivity index (χ2n) is 24.6. The Labute approximate surface area is 480 Å². The van der Waals surface area contributed by atoms with Gasteiger partial charge in [0.1, 0.15) is 0 Å². The number of aromatic nitrogens is 1. The molecule has 2 unspecified atom stereocenters. The van der Waals surface area contributed by atoms with E-state index in [2.05, 4.69) is 292 Å². The van der Waals surface area contributed by atoms with Crippen LogP contribution >= 0.6 is 0 Å². The highest BCUT2D eigenvalue weighted by Gasteiger charge is 2.41. The number of hydrogen-bond acceptors (Lipinski definition) is 1. The minimum Gasteiger partial charge on any atom is -0.333 e. The van der Waals surface area contributed by atoms with E-state index in [1.807, 2.05) is 0 Å². The number of hydrogen-bond donors (Lipinski definition) is 0. The van der Waals surface area contributed by atoms with Crippen molar-refractivity contribution in [2.24, 2.45) is 0 Å². The number of benzene rings is 11. The lowest BCUT2D eigenvalue weighted by molar-refractivity contribution is 0.607. The molecule has 2 nitrogen and oxygen atoms in total. The number of nitrogens with zero attached hydrogens (tertiary/aromatic N) is 2. The smallest absolute Gasteiger partial charge is 0.0629 e. The molecule has 17 rings (SSSR count). The molecule has 0 amide bonds. The monoisotopic (exact) mass is 1050 g/mol. The van der Waals surface area contributed by atoms with Gasteiger partial charge in [-0.3, -0.25) is 0 Å². The fourth-order valence-electron chi connectivity index (χ4n) is 15.7. The molecule has 82 heavy (non-hydrogen) atoms. The Morgan fingerprint density at radius 2 is 0.976 bits per heavy atom. The van der Waals surface area contributed by atoms with Crippen molar-refractivity contribution in [3.8, 4) is 61.3 Å². The normalized spacial score (nSPS) is 17.6. The van der Waals surface area contributed by atoms with Crippen molar-refractivity contribution >= 4 is 60.3 Å². The van der Waals surface area contributed by atoms with Gasteiger partial charge in [-0.15, -0.1) is 0 Å². The number of allylic oxidation sites excluding steroid dienone is 6. The van der Waals surface area contributed by atoms with Gasteiger partial charge in [0.05, 0.1) is 17.1 Å². The molecule has 2 atom stereocenters. The molecule has 12 aromatic rings. The third-order valence-corrected chi connectivity index (χ3v) is 19.6. The van der Waals surface area contributed by atoms with Crippen LogP contribution in [0.15, 0.2) is 260 Å². The molecule has 0 saturated carbocycles. The molecule has 4 aliphatic carbocycles. The molecule has 0 spiro atoms. The first-order valence-electron chi connectivity index (χ1n) is 29.5. The maximum Gasteiger partial charge on any atom is 0.0629 e. The van der Waals surface area contributed by atoms with Crippen LogP contribution in [0.3, 0.4) is 0 Å². The lowest BCUT2D eigenvalue weighted by Gasteiger charge is -2.30. The minimum atomic E-state index is -0.0739. The topological polar surface area (TPSA) is 8.17 Å². The van der Waals surface area contributed by atoms with Crippen molar-refractivity contribution in [1.29, 1.82) is 0 Å². The van der Waals surface area contributed by atoms with Gasteiger partial charge in [-0.25, -0.2) is 0 Å². The van der Waals surface area contributed by atoms with Gasteiger partial charge in [0.15, 0.2) is 0 Å². The predicted octanol–water partition coefficient (Wildman–Crippen LogP) is 21.2. The highest BCUT2D eigenvalue weighted by molar-refractivity contribution is 6.23. The van der Waals surface area contributed by atoms with Crippen LogP contribution in [0.2, 0.25) is 0 Å². The van der Waals surface area contributed by atoms with E-state index in [0.29, 0.717) is 0 Å². The molecule has 0 fully saturated rings. The van der Waals surface area contributed by atoms with E-state index in [1.54, 1.807) is 5.57 Å². The van der Waals surface area contributed by atoms with Crippen LogP contribution in [0.4, 0.5) is 11.4 Å². The highest BCUT2D eigenvalue weighted by atomic mass is 15.2. The van der Waals surface area contributed by atoms with Gasteiger partial charge < -0.3 is 9.47 Å². The van der Waals surface area contributed by atoms with Crippen LogP contribution in [0, 0.1) is 0 Å². The van der Waals surface area contributed by atoms with Gasteiger partial charge in [-0.1, -0.05) is 221 Å². The van der Waals surface area contributed by atoms with E-state index in [0.717, 1.165) is 12.8 Å². The summed E-state index contributed by atoms with van der Waals surface area (Å²) >= 11 is 0. The summed E-state index contributed by atoms with van der Waals surface area (Å²) < 4.78 is 2.49. The van der Waals surface area contributed by atoms with Crippen molar-refractivity contribution in [1.82, 2.24) is 4.57 Å². The van der Waals surface area contributed by atoms with Crippen LogP contribution in [-0.4, -0.2) is 10.6 Å². The van der Waals surface area contributed by atoms with Crippen LogP contribution < -0.4 is 4.90 Å². The van der Waals surface area contributed by atoms with E-state index in [9.17, 15) is 0 Å². The van der Waals surface area contributed by atoms with E-state index in [-0.39, 0.29) is 22.8 Å². The fraction of sp³-hybridized carbons (Fsp3) is 0.125. The van der Waals surface area contributed by atoms with Crippen LogP contribution in [-0.2, 0) is 10.8 Å².